The molecule has 0 aliphatic heterocycles. The molecule has 156 valence electrons. The van der Waals surface area contributed by atoms with Gasteiger partial charge in [-0.25, -0.2) is 0 Å². The molecule has 0 atom stereocenters. The Bertz CT molecular complexity index is 1230. The van der Waals surface area contributed by atoms with Gasteiger partial charge in [-0.15, -0.1) is 0 Å². The van der Waals surface area contributed by atoms with E-state index in [1.807, 2.05) is 25.1 Å². The first-order valence-electron chi connectivity index (χ1n) is 10.2. The minimum atomic E-state index is -0.455. The highest BCUT2D eigenvalue weighted by molar-refractivity contribution is 6.30. The van der Waals surface area contributed by atoms with Gasteiger partial charge >= 0.3 is 0 Å². The van der Waals surface area contributed by atoms with Gasteiger partial charge in [-0.3, -0.25) is 14.2 Å². The highest BCUT2D eigenvalue weighted by atomic mass is 35.5. The summed E-state index contributed by atoms with van der Waals surface area (Å²) in [6.45, 7) is 4.94. The summed E-state index contributed by atoms with van der Waals surface area (Å²) in [5.41, 5.74) is 6.94. The van der Waals surface area contributed by atoms with Crippen molar-refractivity contribution < 1.29 is 0 Å². The highest BCUT2D eigenvalue weighted by Crippen LogP contribution is 2.27. The summed E-state index contributed by atoms with van der Waals surface area (Å²) < 4.78 is 3.04. The molecule has 0 aliphatic carbocycles. The zero-order valence-corrected chi connectivity index (χ0v) is 18.0. The van der Waals surface area contributed by atoms with E-state index in [-0.39, 0.29) is 22.3 Å². The van der Waals surface area contributed by atoms with Crippen LogP contribution in [0.15, 0.2) is 39.9 Å². The lowest BCUT2D eigenvalue weighted by Crippen LogP contribution is -2.30. The van der Waals surface area contributed by atoms with Crippen LogP contribution in [0.4, 0.5) is 5.82 Å². The highest BCUT2D eigenvalue weighted by Gasteiger charge is 2.20. The molecule has 0 fully saturated rings. The minimum absolute atomic E-state index is 0.0507. The summed E-state index contributed by atoms with van der Waals surface area (Å²) in [6, 6.07) is 10.9. The van der Waals surface area contributed by atoms with Gasteiger partial charge in [0.05, 0.1) is 11.1 Å². The average Bonchev–Trinajstić information content (AvgIpc) is 2.73. The Labute approximate surface area is 180 Å². The van der Waals surface area contributed by atoms with E-state index in [4.69, 9.17) is 17.3 Å². The van der Waals surface area contributed by atoms with Gasteiger partial charge in [-0.05, 0) is 36.6 Å². The SMILES string of the molecule is CCCCn1c(N)c2c(=O)n(CCCC)c(-c3ccc(Cl)cc3)cc2c(C#N)c1=O. The fourth-order valence-electron chi connectivity index (χ4n) is 3.63. The third-order valence-corrected chi connectivity index (χ3v) is 5.55. The Morgan fingerprint density at radius 2 is 1.60 bits per heavy atom. The smallest absolute Gasteiger partial charge is 0.270 e. The summed E-state index contributed by atoms with van der Waals surface area (Å²) in [5, 5.41) is 10.8. The van der Waals surface area contributed by atoms with Crippen molar-refractivity contribution in [3.8, 4) is 17.3 Å². The molecule has 0 bridgehead atoms. The number of nitrogen functional groups attached to an aromatic ring is 1. The molecule has 6 nitrogen and oxygen atoms in total. The topological polar surface area (TPSA) is 93.8 Å². The zero-order valence-electron chi connectivity index (χ0n) is 17.2. The molecule has 30 heavy (non-hydrogen) atoms. The van der Waals surface area contributed by atoms with Gasteiger partial charge in [0.15, 0.2) is 0 Å². The van der Waals surface area contributed by atoms with Crippen LogP contribution in [-0.2, 0) is 13.1 Å². The van der Waals surface area contributed by atoms with Gasteiger partial charge in [0, 0.05) is 23.5 Å². The van der Waals surface area contributed by atoms with Crippen LogP contribution in [0.2, 0.25) is 5.02 Å². The fourth-order valence-corrected chi connectivity index (χ4v) is 3.76. The molecule has 0 radical (unpaired) electrons. The van der Waals surface area contributed by atoms with Gasteiger partial charge in [0.2, 0.25) is 0 Å². The Kier molecular flexibility index (Phi) is 6.63. The Hall–Kier alpha value is -3.04. The number of nitrogens with zero attached hydrogens (tertiary/aromatic N) is 3. The molecule has 3 rings (SSSR count). The van der Waals surface area contributed by atoms with Crippen LogP contribution < -0.4 is 16.9 Å². The predicted octanol–water partition coefficient (Wildman–Crippen LogP) is 4.54. The zero-order chi connectivity index (χ0) is 21.8. The van der Waals surface area contributed by atoms with E-state index < -0.39 is 5.56 Å². The van der Waals surface area contributed by atoms with Gasteiger partial charge < -0.3 is 10.3 Å². The third-order valence-electron chi connectivity index (χ3n) is 5.30. The van der Waals surface area contributed by atoms with E-state index in [0.29, 0.717) is 29.2 Å². The van der Waals surface area contributed by atoms with E-state index >= 15 is 0 Å². The lowest BCUT2D eigenvalue weighted by atomic mass is 10.0. The number of unbranched alkanes of at least 4 members (excludes halogenated alkanes) is 2. The first-order valence-corrected chi connectivity index (χ1v) is 10.6. The van der Waals surface area contributed by atoms with Gasteiger partial charge in [-0.2, -0.15) is 5.26 Å². The molecule has 0 aliphatic rings. The Morgan fingerprint density at radius 3 is 2.17 bits per heavy atom. The number of nitriles is 1. The average molecular weight is 425 g/mol. The summed E-state index contributed by atoms with van der Waals surface area (Å²) >= 11 is 6.02. The molecule has 0 saturated heterocycles. The Morgan fingerprint density at radius 1 is 1.00 bits per heavy atom. The monoisotopic (exact) mass is 424 g/mol. The van der Waals surface area contributed by atoms with Crippen LogP contribution in [0.1, 0.15) is 45.1 Å². The lowest BCUT2D eigenvalue weighted by Gasteiger charge is -2.18. The number of halogens is 1. The van der Waals surface area contributed by atoms with E-state index in [2.05, 4.69) is 6.92 Å². The fraction of sp³-hybridized carbons (Fsp3) is 0.348. The largest absolute Gasteiger partial charge is 0.384 e. The van der Waals surface area contributed by atoms with Crippen molar-refractivity contribution in [3.63, 3.8) is 0 Å². The molecule has 2 aromatic heterocycles. The van der Waals surface area contributed by atoms with Gasteiger partial charge in [-0.1, -0.05) is 50.4 Å². The third kappa shape index (κ3) is 3.86. The number of benzene rings is 1. The number of hydrogen-bond acceptors (Lipinski definition) is 4. The molecular formula is C23H25ClN4O2. The van der Waals surface area contributed by atoms with Crippen molar-refractivity contribution in [1.82, 2.24) is 9.13 Å². The molecule has 0 amide bonds. The molecule has 3 aromatic rings. The van der Waals surface area contributed by atoms with Crippen LogP contribution >= 0.6 is 11.6 Å². The second kappa shape index (κ2) is 9.19. The molecule has 0 saturated carbocycles. The summed E-state index contributed by atoms with van der Waals surface area (Å²) in [5.74, 6) is 0.125. The van der Waals surface area contributed by atoms with E-state index in [0.717, 1.165) is 31.2 Å². The maximum atomic E-state index is 13.6. The second-order valence-electron chi connectivity index (χ2n) is 7.32. The minimum Gasteiger partial charge on any atom is -0.384 e. The van der Waals surface area contributed by atoms with Crippen molar-refractivity contribution in [2.45, 2.75) is 52.6 Å². The van der Waals surface area contributed by atoms with Gasteiger partial charge in [0.1, 0.15) is 17.5 Å². The number of pyridine rings is 2. The maximum Gasteiger partial charge on any atom is 0.270 e. The molecule has 0 unspecified atom stereocenters. The summed E-state index contributed by atoms with van der Waals surface area (Å²) in [4.78, 5) is 26.5. The number of hydrogen-bond donors (Lipinski definition) is 1. The van der Waals surface area contributed by atoms with E-state index in [9.17, 15) is 14.9 Å². The standard InChI is InChI=1S/C23H25ClN4O2/c1-3-5-11-27-19(15-7-9-16(24)10-8-15)13-17-18(14-25)22(29)28(12-6-4-2)21(26)20(17)23(27)30/h7-10,13H,3-6,11-12,26H2,1-2H3. The van der Waals surface area contributed by atoms with Gasteiger partial charge in [0.25, 0.3) is 11.1 Å². The number of aromatic nitrogens is 2. The first kappa shape index (κ1) is 21.7. The predicted molar refractivity (Wildman–Crippen MR) is 122 cm³/mol. The van der Waals surface area contributed by atoms with E-state index in [1.165, 1.54) is 4.57 Å². The lowest BCUT2D eigenvalue weighted by molar-refractivity contribution is 0.615. The van der Waals surface area contributed by atoms with Crippen molar-refractivity contribution in [3.05, 3.63) is 61.6 Å². The number of anilines is 1. The molecular weight excluding hydrogens is 400 g/mol. The van der Waals surface area contributed by atoms with Crippen LogP contribution in [0.25, 0.3) is 22.0 Å². The second-order valence-corrected chi connectivity index (χ2v) is 7.75. The van der Waals surface area contributed by atoms with Crippen molar-refractivity contribution in [2.75, 3.05) is 5.73 Å². The molecule has 0 spiro atoms. The molecule has 2 heterocycles. The number of nitrogens with two attached hydrogens (primary N) is 1. The normalized spacial score (nSPS) is 11.0. The Balaban J connectivity index is 2.43. The van der Waals surface area contributed by atoms with Crippen LogP contribution in [0.3, 0.4) is 0 Å². The quantitative estimate of drug-likeness (QED) is 0.602. The van der Waals surface area contributed by atoms with Crippen LogP contribution in [0, 0.1) is 11.3 Å². The number of rotatable bonds is 7. The van der Waals surface area contributed by atoms with Crippen molar-refractivity contribution in [1.29, 1.82) is 5.26 Å². The molecule has 2 N–H and O–H groups in total. The maximum absolute atomic E-state index is 13.6. The summed E-state index contributed by atoms with van der Waals surface area (Å²) in [6.07, 6.45) is 3.32. The first-order chi connectivity index (χ1) is 14.4. The van der Waals surface area contributed by atoms with E-state index in [1.54, 1.807) is 22.8 Å². The summed E-state index contributed by atoms with van der Waals surface area (Å²) in [7, 11) is 0. The van der Waals surface area contributed by atoms with Crippen molar-refractivity contribution in [2.24, 2.45) is 0 Å². The van der Waals surface area contributed by atoms with Crippen LogP contribution in [-0.4, -0.2) is 9.13 Å². The number of fused-ring (bicyclic) bond motifs is 1. The van der Waals surface area contributed by atoms with Crippen molar-refractivity contribution >= 4 is 28.2 Å². The van der Waals surface area contributed by atoms with Crippen LogP contribution in [0.5, 0.6) is 0 Å². The molecule has 7 heteroatoms. The molecule has 1 aromatic carbocycles.